The molecule has 5 heteroatoms. The highest BCUT2D eigenvalue weighted by Crippen LogP contribution is 2.30. The second-order valence-corrected chi connectivity index (χ2v) is 6.60. The van der Waals surface area contributed by atoms with E-state index in [4.69, 9.17) is 0 Å². The molecule has 4 rings (SSSR count). The van der Waals surface area contributed by atoms with Crippen molar-refractivity contribution in [3.05, 3.63) is 36.0 Å². The van der Waals surface area contributed by atoms with E-state index in [-0.39, 0.29) is 11.8 Å². The fourth-order valence-corrected chi connectivity index (χ4v) is 3.23. The molecule has 0 bridgehead atoms. The minimum atomic E-state index is -0.0118. The van der Waals surface area contributed by atoms with E-state index in [1.807, 2.05) is 35.2 Å². The molecule has 23 heavy (non-hydrogen) atoms. The van der Waals surface area contributed by atoms with E-state index in [1.54, 1.807) is 4.90 Å². The Bertz CT molecular complexity index is 715. The maximum absolute atomic E-state index is 12.7. The molecule has 1 N–H and O–H groups in total. The largest absolute Gasteiger partial charge is 0.351 e. The van der Waals surface area contributed by atoms with Gasteiger partial charge < -0.3 is 14.8 Å². The number of para-hydroxylation sites is 1. The summed E-state index contributed by atoms with van der Waals surface area (Å²) in [7, 11) is 0. The van der Waals surface area contributed by atoms with E-state index in [2.05, 4.69) is 4.98 Å². The van der Waals surface area contributed by atoms with Crippen LogP contribution < -0.4 is 0 Å². The maximum atomic E-state index is 12.7. The first-order valence-electron chi connectivity index (χ1n) is 8.35. The smallest absolute Gasteiger partial charge is 0.270 e. The van der Waals surface area contributed by atoms with E-state index in [0.29, 0.717) is 37.7 Å². The van der Waals surface area contributed by atoms with Crippen molar-refractivity contribution in [3.63, 3.8) is 0 Å². The number of amides is 2. The Morgan fingerprint density at radius 1 is 1.17 bits per heavy atom. The minimum Gasteiger partial charge on any atom is -0.351 e. The van der Waals surface area contributed by atoms with Crippen LogP contribution in [0.15, 0.2) is 30.3 Å². The van der Waals surface area contributed by atoms with Crippen molar-refractivity contribution in [2.24, 2.45) is 5.92 Å². The zero-order chi connectivity index (χ0) is 15.8. The molecular weight excluding hydrogens is 290 g/mol. The number of carbonyl (C=O) groups is 2. The Morgan fingerprint density at radius 3 is 2.78 bits per heavy atom. The van der Waals surface area contributed by atoms with Gasteiger partial charge in [-0.2, -0.15) is 0 Å². The molecule has 1 saturated heterocycles. The summed E-state index contributed by atoms with van der Waals surface area (Å²) in [6, 6.07) is 9.77. The van der Waals surface area contributed by atoms with Crippen molar-refractivity contribution < 1.29 is 9.59 Å². The fraction of sp³-hybridized carbons (Fsp3) is 0.444. The molecule has 1 saturated carbocycles. The third-order valence-electron chi connectivity index (χ3n) is 4.81. The SMILES string of the molecule is O=C1CCN(C(=O)c2cc3ccccc3[nH]2)CCN1CC1CC1. The van der Waals surface area contributed by atoms with Gasteiger partial charge in [0.05, 0.1) is 0 Å². The number of hydrogen-bond donors (Lipinski definition) is 1. The van der Waals surface area contributed by atoms with Gasteiger partial charge in [0, 0.05) is 43.5 Å². The second kappa shape index (κ2) is 5.72. The fourth-order valence-electron chi connectivity index (χ4n) is 3.23. The van der Waals surface area contributed by atoms with Crippen molar-refractivity contribution in [2.45, 2.75) is 19.3 Å². The molecule has 5 nitrogen and oxygen atoms in total. The first-order valence-corrected chi connectivity index (χ1v) is 8.35. The molecule has 0 atom stereocenters. The number of H-pyrrole nitrogens is 1. The predicted octanol–water partition coefficient (Wildman–Crippen LogP) is 2.25. The van der Waals surface area contributed by atoms with Crippen LogP contribution in [0, 0.1) is 5.92 Å². The van der Waals surface area contributed by atoms with Crippen LogP contribution in [-0.4, -0.2) is 52.8 Å². The summed E-state index contributed by atoms with van der Waals surface area (Å²) in [5.41, 5.74) is 1.58. The summed E-state index contributed by atoms with van der Waals surface area (Å²) in [6.45, 7) is 2.65. The van der Waals surface area contributed by atoms with E-state index in [1.165, 1.54) is 12.8 Å². The topological polar surface area (TPSA) is 56.4 Å². The van der Waals surface area contributed by atoms with Crippen LogP contribution in [0.1, 0.15) is 29.8 Å². The van der Waals surface area contributed by atoms with Gasteiger partial charge >= 0.3 is 0 Å². The van der Waals surface area contributed by atoms with E-state index in [9.17, 15) is 9.59 Å². The Morgan fingerprint density at radius 2 is 2.00 bits per heavy atom. The van der Waals surface area contributed by atoms with Gasteiger partial charge in [-0.15, -0.1) is 0 Å². The van der Waals surface area contributed by atoms with Crippen LogP contribution in [0.5, 0.6) is 0 Å². The Hall–Kier alpha value is -2.30. The lowest BCUT2D eigenvalue weighted by Crippen LogP contribution is -2.36. The number of rotatable bonds is 3. The summed E-state index contributed by atoms with van der Waals surface area (Å²) in [5, 5.41) is 1.04. The number of benzene rings is 1. The average Bonchev–Trinajstić information content (AvgIpc) is 3.30. The molecule has 2 aliphatic rings. The molecule has 0 spiro atoms. The van der Waals surface area contributed by atoms with Crippen molar-refractivity contribution in [2.75, 3.05) is 26.2 Å². The van der Waals surface area contributed by atoms with E-state index in [0.717, 1.165) is 17.4 Å². The molecule has 1 aliphatic carbocycles. The van der Waals surface area contributed by atoms with Gasteiger partial charge in [0.25, 0.3) is 5.91 Å². The van der Waals surface area contributed by atoms with Gasteiger partial charge in [-0.25, -0.2) is 0 Å². The number of nitrogens with zero attached hydrogens (tertiary/aromatic N) is 2. The molecule has 120 valence electrons. The molecule has 1 aliphatic heterocycles. The molecular formula is C18H21N3O2. The molecule has 1 aromatic heterocycles. The van der Waals surface area contributed by atoms with E-state index >= 15 is 0 Å². The Kier molecular flexibility index (Phi) is 3.56. The van der Waals surface area contributed by atoms with Crippen LogP contribution >= 0.6 is 0 Å². The predicted molar refractivity (Wildman–Crippen MR) is 88.1 cm³/mol. The summed E-state index contributed by atoms with van der Waals surface area (Å²) in [6.07, 6.45) is 2.90. The number of hydrogen-bond acceptors (Lipinski definition) is 2. The Labute approximate surface area is 135 Å². The number of fused-ring (bicyclic) bond motifs is 1. The number of aromatic amines is 1. The lowest BCUT2D eigenvalue weighted by atomic mass is 10.2. The maximum Gasteiger partial charge on any atom is 0.270 e. The van der Waals surface area contributed by atoms with E-state index < -0.39 is 0 Å². The second-order valence-electron chi connectivity index (χ2n) is 6.60. The first kappa shape index (κ1) is 14.3. The van der Waals surface area contributed by atoms with Crippen molar-refractivity contribution in [1.82, 2.24) is 14.8 Å². The van der Waals surface area contributed by atoms with Gasteiger partial charge in [0.15, 0.2) is 0 Å². The molecule has 0 unspecified atom stereocenters. The summed E-state index contributed by atoms with van der Waals surface area (Å²) < 4.78 is 0. The van der Waals surface area contributed by atoms with Crippen LogP contribution in [0.2, 0.25) is 0 Å². The van der Waals surface area contributed by atoms with Crippen LogP contribution in [-0.2, 0) is 4.79 Å². The highest BCUT2D eigenvalue weighted by molar-refractivity contribution is 5.98. The minimum absolute atomic E-state index is 0.0118. The van der Waals surface area contributed by atoms with Gasteiger partial charge in [-0.1, -0.05) is 18.2 Å². The quantitative estimate of drug-likeness (QED) is 0.945. The van der Waals surface area contributed by atoms with Gasteiger partial charge in [-0.3, -0.25) is 9.59 Å². The number of carbonyl (C=O) groups excluding carboxylic acids is 2. The lowest BCUT2D eigenvalue weighted by molar-refractivity contribution is -0.130. The highest BCUT2D eigenvalue weighted by atomic mass is 16.2. The summed E-state index contributed by atoms with van der Waals surface area (Å²) in [5.74, 6) is 0.862. The zero-order valence-electron chi connectivity index (χ0n) is 13.1. The highest BCUT2D eigenvalue weighted by Gasteiger charge is 2.30. The van der Waals surface area contributed by atoms with Gasteiger partial charge in [0.1, 0.15) is 5.69 Å². The molecule has 0 radical (unpaired) electrons. The average molecular weight is 311 g/mol. The van der Waals surface area contributed by atoms with Crippen molar-refractivity contribution in [1.29, 1.82) is 0 Å². The van der Waals surface area contributed by atoms with Crippen molar-refractivity contribution in [3.8, 4) is 0 Å². The zero-order valence-corrected chi connectivity index (χ0v) is 13.1. The molecule has 1 aromatic carbocycles. The standard InChI is InChI=1S/C18H21N3O2/c22-17-7-8-20(9-10-21(17)12-13-5-6-13)18(23)16-11-14-3-1-2-4-15(14)19-16/h1-4,11,13,19H,5-10,12H2. The molecule has 2 amide bonds. The van der Waals surface area contributed by atoms with Crippen LogP contribution in [0.25, 0.3) is 10.9 Å². The third-order valence-corrected chi connectivity index (χ3v) is 4.81. The monoisotopic (exact) mass is 311 g/mol. The third kappa shape index (κ3) is 2.96. The molecule has 2 heterocycles. The number of aromatic nitrogens is 1. The lowest BCUT2D eigenvalue weighted by Gasteiger charge is -2.21. The van der Waals surface area contributed by atoms with Gasteiger partial charge in [-0.05, 0) is 30.9 Å². The van der Waals surface area contributed by atoms with Crippen molar-refractivity contribution >= 4 is 22.7 Å². The molecule has 2 fully saturated rings. The van der Waals surface area contributed by atoms with Crippen LogP contribution in [0.4, 0.5) is 0 Å². The van der Waals surface area contributed by atoms with Gasteiger partial charge in [0.2, 0.25) is 5.91 Å². The summed E-state index contributed by atoms with van der Waals surface area (Å²) >= 11 is 0. The first-order chi connectivity index (χ1) is 11.2. The van der Waals surface area contributed by atoms with Crippen LogP contribution in [0.3, 0.4) is 0 Å². The summed E-state index contributed by atoms with van der Waals surface area (Å²) in [4.78, 5) is 31.9. The molecule has 2 aromatic rings. The Balaban J connectivity index is 1.48. The normalized spacial score (nSPS) is 19.2. The number of nitrogens with one attached hydrogen (secondary N) is 1.